The molecule has 2 nitrogen and oxygen atoms in total. The second-order valence-corrected chi connectivity index (χ2v) is 9.97. The molecule has 0 spiro atoms. The molecular formula is C39H28N2. The zero-order valence-electron chi connectivity index (χ0n) is 22.6. The monoisotopic (exact) mass is 524 g/mol. The molecule has 0 saturated heterocycles. The summed E-state index contributed by atoms with van der Waals surface area (Å²) >= 11 is 0. The molecule has 41 heavy (non-hydrogen) atoms. The van der Waals surface area contributed by atoms with Crippen molar-refractivity contribution in [3.63, 3.8) is 0 Å². The Morgan fingerprint density at radius 2 is 0.878 bits per heavy atom. The Kier molecular flexibility index (Phi) is 6.56. The van der Waals surface area contributed by atoms with Gasteiger partial charge in [0.25, 0.3) is 0 Å². The lowest BCUT2D eigenvalue weighted by atomic mass is 9.87. The van der Waals surface area contributed by atoms with Crippen molar-refractivity contribution in [2.75, 3.05) is 0 Å². The second-order valence-electron chi connectivity index (χ2n) is 9.97. The minimum absolute atomic E-state index is 0.952. The van der Waals surface area contributed by atoms with Crippen LogP contribution in [0.15, 0.2) is 170 Å². The molecule has 0 amide bonds. The molecule has 2 heterocycles. The fourth-order valence-electron chi connectivity index (χ4n) is 5.71. The van der Waals surface area contributed by atoms with E-state index in [0.717, 1.165) is 16.7 Å². The van der Waals surface area contributed by atoms with Gasteiger partial charge in [0.2, 0.25) is 0 Å². The Hall–Kier alpha value is -5.47. The Bertz CT molecular complexity index is 2050. The molecule has 8 aromatic rings. The smallest absolute Gasteiger partial charge is 0.137 e. The summed E-state index contributed by atoms with van der Waals surface area (Å²) < 4.78 is 2.23. The average Bonchev–Trinajstić information content (AvgIpc) is 3.44. The number of rotatable bonds is 3. The predicted molar refractivity (Wildman–Crippen MR) is 173 cm³/mol. The minimum Gasteiger partial charge on any atom is -0.299 e. The lowest BCUT2D eigenvalue weighted by molar-refractivity contribution is 1.23. The zero-order chi connectivity index (χ0) is 27.4. The number of hydrogen-bond donors (Lipinski definition) is 0. The molecular weight excluding hydrogens is 496 g/mol. The summed E-state index contributed by atoms with van der Waals surface area (Å²) in [6.07, 6.45) is 2.12. The summed E-state index contributed by atoms with van der Waals surface area (Å²) in [5.41, 5.74) is 10.3. The van der Waals surface area contributed by atoms with E-state index >= 15 is 0 Å². The molecule has 0 bridgehead atoms. The van der Waals surface area contributed by atoms with Crippen LogP contribution in [0.25, 0.3) is 60.8 Å². The summed E-state index contributed by atoms with van der Waals surface area (Å²) in [4.78, 5) is 5.23. The number of benzene rings is 6. The Labute approximate surface area is 239 Å². The minimum atomic E-state index is 0.952. The van der Waals surface area contributed by atoms with Gasteiger partial charge in [0.15, 0.2) is 0 Å². The normalized spacial score (nSPS) is 10.9. The maximum Gasteiger partial charge on any atom is 0.137 e. The predicted octanol–water partition coefficient (Wildman–Crippen LogP) is 10.3. The van der Waals surface area contributed by atoms with Crippen molar-refractivity contribution in [2.45, 2.75) is 0 Å². The van der Waals surface area contributed by atoms with Gasteiger partial charge in [-0.05, 0) is 45.2 Å². The highest BCUT2D eigenvalue weighted by Gasteiger charge is 2.22. The largest absolute Gasteiger partial charge is 0.299 e. The van der Waals surface area contributed by atoms with Crippen LogP contribution in [0.4, 0.5) is 0 Å². The van der Waals surface area contributed by atoms with Crippen LogP contribution in [-0.2, 0) is 0 Å². The fourth-order valence-corrected chi connectivity index (χ4v) is 5.71. The van der Waals surface area contributed by atoms with E-state index < -0.39 is 0 Å². The molecule has 0 unspecified atom stereocenters. The van der Waals surface area contributed by atoms with Gasteiger partial charge >= 0.3 is 0 Å². The molecule has 0 aliphatic heterocycles. The van der Waals surface area contributed by atoms with Gasteiger partial charge in [-0.1, -0.05) is 152 Å². The van der Waals surface area contributed by atoms with Gasteiger partial charge in [-0.2, -0.15) is 0 Å². The van der Waals surface area contributed by atoms with E-state index in [1.54, 1.807) is 0 Å². The third kappa shape index (κ3) is 4.56. The van der Waals surface area contributed by atoms with Crippen molar-refractivity contribution < 1.29 is 0 Å². The third-order valence-corrected chi connectivity index (χ3v) is 7.48. The highest BCUT2D eigenvalue weighted by Crippen LogP contribution is 2.45. The van der Waals surface area contributed by atoms with E-state index in [2.05, 4.69) is 138 Å². The Morgan fingerprint density at radius 3 is 1.54 bits per heavy atom. The molecule has 0 saturated carbocycles. The second kappa shape index (κ2) is 11.0. The first-order chi connectivity index (χ1) is 20.4. The van der Waals surface area contributed by atoms with Crippen molar-refractivity contribution in [3.05, 3.63) is 170 Å². The summed E-state index contributed by atoms with van der Waals surface area (Å²) in [7, 11) is 0. The molecule has 2 aromatic heterocycles. The van der Waals surface area contributed by atoms with Crippen LogP contribution in [0.1, 0.15) is 0 Å². The molecule has 2 heteroatoms. The number of pyridine rings is 1. The Balaban J connectivity index is 0.000000412. The number of aromatic nitrogens is 2. The molecule has 0 radical (unpaired) electrons. The van der Waals surface area contributed by atoms with Gasteiger partial charge in [-0.3, -0.25) is 4.40 Å². The van der Waals surface area contributed by atoms with Crippen LogP contribution in [0.2, 0.25) is 0 Å². The van der Waals surface area contributed by atoms with Crippen molar-refractivity contribution in [1.82, 2.24) is 9.38 Å². The van der Waals surface area contributed by atoms with E-state index in [1.807, 2.05) is 36.4 Å². The topological polar surface area (TPSA) is 17.3 Å². The number of nitrogens with zero attached hydrogens (tertiary/aromatic N) is 2. The zero-order valence-corrected chi connectivity index (χ0v) is 22.6. The maximum absolute atomic E-state index is 5.23. The first-order valence-corrected chi connectivity index (χ1v) is 13.9. The average molecular weight is 525 g/mol. The van der Waals surface area contributed by atoms with Crippen LogP contribution in [-0.4, -0.2) is 9.38 Å². The van der Waals surface area contributed by atoms with Crippen LogP contribution in [0.3, 0.4) is 0 Å². The highest BCUT2D eigenvalue weighted by atomic mass is 15.0. The van der Waals surface area contributed by atoms with E-state index in [0.29, 0.717) is 0 Å². The number of hydrogen-bond acceptors (Lipinski definition) is 1. The van der Waals surface area contributed by atoms with Crippen LogP contribution in [0, 0.1) is 0 Å². The van der Waals surface area contributed by atoms with Gasteiger partial charge in [-0.25, -0.2) is 4.98 Å². The molecule has 0 aliphatic carbocycles. The molecule has 194 valence electrons. The van der Waals surface area contributed by atoms with Gasteiger partial charge in [0.05, 0.1) is 11.0 Å². The fraction of sp³-hybridized carbons (Fsp3) is 0. The third-order valence-electron chi connectivity index (χ3n) is 7.48. The SMILES string of the molecule is c1ccc(-c2ccccc2-c2c3ccccc3c(-c3ccccc3)c3c2nc2ccccn23)cc1.c1ccccc1. The summed E-state index contributed by atoms with van der Waals surface area (Å²) in [5.74, 6) is 0. The van der Waals surface area contributed by atoms with E-state index in [-0.39, 0.29) is 0 Å². The van der Waals surface area contributed by atoms with Gasteiger partial charge < -0.3 is 0 Å². The van der Waals surface area contributed by atoms with E-state index in [9.17, 15) is 0 Å². The lowest BCUT2D eigenvalue weighted by Gasteiger charge is -2.17. The van der Waals surface area contributed by atoms with Crippen LogP contribution >= 0.6 is 0 Å². The van der Waals surface area contributed by atoms with Crippen molar-refractivity contribution >= 4 is 27.5 Å². The summed E-state index contributed by atoms with van der Waals surface area (Å²) in [6, 6.07) is 57.0. The first kappa shape index (κ1) is 24.6. The Morgan fingerprint density at radius 1 is 0.390 bits per heavy atom. The lowest BCUT2D eigenvalue weighted by Crippen LogP contribution is -1.93. The van der Waals surface area contributed by atoms with Crippen LogP contribution in [0.5, 0.6) is 0 Å². The molecule has 8 rings (SSSR count). The quantitative estimate of drug-likeness (QED) is 0.225. The summed E-state index contributed by atoms with van der Waals surface area (Å²) in [6.45, 7) is 0. The van der Waals surface area contributed by atoms with Crippen molar-refractivity contribution in [1.29, 1.82) is 0 Å². The van der Waals surface area contributed by atoms with Gasteiger partial charge in [0, 0.05) is 17.3 Å². The standard InChI is InChI=1S/C33H22N2.C6H6/c1-3-13-23(14-4-1)25-17-7-8-18-26(25)31-28-20-10-9-19-27(28)30(24-15-5-2-6-16-24)33-32(31)34-29-21-11-12-22-35(29)33;1-2-4-6-5-3-1/h1-22H;1-6H. The summed E-state index contributed by atoms with van der Waals surface area (Å²) in [5, 5.41) is 2.44. The van der Waals surface area contributed by atoms with Crippen molar-refractivity contribution in [2.24, 2.45) is 0 Å². The molecule has 0 aliphatic rings. The molecule has 0 N–H and O–H groups in total. The molecule has 6 aromatic carbocycles. The van der Waals surface area contributed by atoms with Gasteiger partial charge in [0.1, 0.15) is 5.65 Å². The molecule has 0 fully saturated rings. The number of imidazole rings is 1. The number of fused-ring (bicyclic) bond motifs is 4. The molecule has 0 atom stereocenters. The highest BCUT2D eigenvalue weighted by molar-refractivity contribution is 6.21. The van der Waals surface area contributed by atoms with E-state index in [4.69, 9.17) is 4.98 Å². The van der Waals surface area contributed by atoms with Gasteiger partial charge in [-0.15, -0.1) is 0 Å². The van der Waals surface area contributed by atoms with Crippen LogP contribution < -0.4 is 0 Å². The van der Waals surface area contributed by atoms with Crippen molar-refractivity contribution in [3.8, 4) is 33.4 Å². The van der Waals surface area contributed by atoms with E-state index in [1.165, 1.54) is 44.2 Å². The maximum atomic E-state index is 5.23. The first-order valence-electron chi connectivity index (χ1n) is 13.9.